The molecule has 0 aliphatic carbocycles. The highest BCUT2D eigenvalue weighted by atomic mass is 16.5. The van der Waals surface area contributed by atoms with Crippen LogP contribution in [-0.4, -0.2) is 42.1 Å². The Morgan fingerprint density at radius 2 is 2.20 bits per heavy atom. The molecule has 0 radical (unpaired) electrons. The van der Waals surface area contributed by atoms with E-state index in [1.807, 2.05) is 18.2 Å². The van der Waals surface area contributed by atoms with Crippen molar-refractivity contribution >= 4 is 17.7 Å². The number of amides is 1. The molecule has 1 fully saturated rings. The van der Waals surface area contributed by atoms with Crippen molar-refractivity contribution in [1.82, 2.24) is 20.8 Å². The number of aliphatic imine (C=N–C) groups is 1. The minimum absolute atomic E-state index is 0.131. The van der Waals surface area contributed by atoms with Crippen molar-refractivity contribution in [2.75, 3.05) is 25.0 Å². The zero-order chi connectivity index (χ0) is 21.5. The molecule has 3 rings (SSSR count). The minimum Gasteiger partial charge on any atom is -0.369 e. The third-order valence-corrected chi connectivity index (χ3v) is 5.26. The van der Waals surface area contributed by atoms with Crippen molar-refractivity contribution in [3.05, 3.63) is 41.4 Å². The van der Waals surface area contributed by atoms with Gasteiger partial charge in [0.05, 0.1) is 18.2 Å². The number of piperidine rings is 1. The van der Waals surface area contributed by atoms with Crippen molar-refractivity contribution < 1.29 is 9.32 Å². The van der Waals surface area contributed by atoms with Crippen molar-refractivity contribution in [2.24, 2.45) is 16.6 Å². The molecule has 9 heteroatoms. The van der Waals surface area contributed by atoms with Crippen molar-refractivity contribution in [3.8, 4) is 0 Å². The Balaban J connectivity index is 1.59. The van der Waals surface area contributed by atoms with Gasteiger partial charge in [0.25, 0.3) is 0 Å². The summed E-state index contributed by atoms with van der Waals surface area (Å²) in [6.07, 6.45) is 3.54. The van der Waals surface area contributed by atoms with E-state index in [0.29, 0.717) is 31.5 Å². The van der Waals surface area contributed by atoms with E-state index in [4.69, 9.17) is 10.3 Å². The average molecular weight is 414 g/mol. The summed E-state index contributed by atoms with van der Waals surface area (Å²) in [5.41, 5.74) is 7.50. The van der Waals surface area contributed by atoms with Crippen LogP contribution in [0.3, 0.4) is 0 Å². The van der Waals surface area contributed by atoms with Gasteiger partial charge in [-0.1, -0.05) is 25.1 Å². The number of hydrogen-bond acceptors (Lipinski definition) is 6. The van der Waals surface area contributed by atoms with Crippen molar-refractivity contribution in [3.63, 3.8) is 0 Å². The van der Waals surface area contributed by atoms with Gasteiger partial charge in [-0.15, -0.1) is 0 Å². The first-order valence-corrected chi connectivity index (χ1v) is 10.4. The molecule has 1 amide bonds. The number of aromatic nitrogens is 2. The second-order valence-corrected chi connectivity index (χ2v) is 7.83. The lowest BCUT2D eigenvalue weighted by atomic mass is 9.97. The molecule has 1 aliphatic rings. The summed E-state index contributed by atoms with van der Waals surface area (Å²) in [4.78, 5) is 22.6. The van der Waals surface area contributed by atoms with E-state index in [-0.39, 0.29) is 11.8 Å². The Bertz CT molecular complexity index is 878. The summed E-state index contributed by atoms with van der Waals surface area (Å²) in [5.74, 6) is 2.24. The van der Waals surface area contributed by atoms with Crippen LogP contribution in [0.15, 0.2) is 33.9 Å². The second kappa shape index (κ2) is 10.1. The summed E-state index contributed by atoms with van der Waals surface area (Å²) in [5, 5.41) is 10.6. The number of carbonyl (C=O) groups is 1. The quantitative estimate of drug-likeness (QED) is 0.467. The highest BCUT2D eigenvalue weighted by Gasteiger charge is 2.26. The van der Waals surface area contributed by atoms with Crippen LogP contribution < -0.4 is 21.3 Å². The van der Waals surface area contributed by atoms with Crippen LogP contribution in [0, 0.1) is 5.92 Å². The van der Waals surface area contributed by atoms with Crippen LogP contribution in [0.4, 0.5) is 5.82 Å². The number of pyridine rings is 1. The number of nitrogens with one attached hydrogen (secondary N) is 2. The van der Waals surface area contributed by atoms with Gasteiger partial charge in [0, 0.05) is 44.5 Å². The summed E-state index contributed by atoms with van der Waals surface area (Å²) in [6.45, 7) is 6.67. The van der Waals surface area contributed by atoms with Crippen molar-refractivity contribution in [2.45, 2.75) is 45.7 Å². The summed E-state index contributed by atoms with van der Waals surface area (Å²) >= 11 is 0. The number of carbonyl (C=O) groups excluding carboxylic acids is 1. The Morgan fingerprint density at radius 3 is 2.90 bits per heavy atom. The molecule has 1 atom stereocenters. The zero-order valence-corrected chi connectivity index (χ0v) is 17.9. The third kappa shape index (κ3) is 5.49. The van der Waals surface area contributed by atoms with E-state index < -0.39 is 0 Å². The molecule has 2 aromatic heterocycles. The molecule has 0 bridgehead atoms. The number of anilines is 1. The van der Waals surface area contributed by atoms with Crippen LogP contribution in [0.1, 0.15) is 49.6 Å². The van der Waals surface area contributed by atoms with E-state index >= 15 is 0 Å². The minimum atomic E-state index is -0.243. The van der Waals surface area contributed by atoms with Gasteiger partial charge >= 0.3 is 0 Å². The smallest absolute Gasteiger partial charge is 0.222 e. The lowest BCUT2D eigenvalue weighted by molar-refractivity contribution is -0.122. The van der Waals surface area contributed by atoms with Crippen molar-refractivity contribution in [1.29, 1.82) is 0 Å². The molecule has 2 aromatic rings. The Hall–Kier alpha value is -3.10. The maximum Gasteiger partial charge on any atom is 0.222 e. The first kappa shape index (κ1) is 21.6. The standard InChI is InChI=1S/C21H31N7O2/c1-14(2)18-10-17(30-27-18)12-26-21(23-3)25-11-15-6-4-8-24-20(15)28-9-5-7-16(13-28)19(22)29/h4,6,8,10,14,16H,5,7,9,11-13H2,1-3H3,(H2,22,29)(H2,23,25,26). The molecule has 3 heterocycles. The van der Waals surface area contributed by atoms with Gasteiger partial charge in [-0.25, -0.2) is 4.98 Å². The Kier molecular flexibility index (Phi) is 7.26. The van der Waals surface area contributed by atoms with Crippen LogP contribution >= 0.6 is 0 Å². The summed E-state index contributed by atoms with van der Waals surface area (Å²) in [6, 6.07) is 5.89. The highest BCUT2D eigenvalue weighted by Crippen LogP contribution is 2.24. The topological polar surface area (TPSA) is 122 Å². The third-order valence-electron chi connectivity index (χ3n) is 5.26. The number of primary amides is 1. The van der Waals surface area contributed by atoms with Crippen LogP contribution in [0.5, 0.6) is 0 Å². The van der Waals surface area contributed by atoms with Crippen LogP contribution in [-0.2, 0) is 17.9 Å². The molecule has 0 aromatic carbocycles. The first-order chi connectivity index (χ1) is 14.5. The molecular formula is C21H31N7O2. The molecule has 0 spiro atoms. The molecule has 1 saturated heterocycles. The van der Waals surface area contributed by atoms with Crippen LogP contribution in [0.2, 0.25) is 0 Å². The maximum absolute atomic E-state index is 11.6. The van der Waals surface area contributed by atoms with E-state index in [9.17, 15) is 4.79 Å². The van der Waals surface area contributed by atoms with Gasteiger partial charge in [0.1, 0.15) is 5.82 Å². The highest BCUT2D eigenvalue weighted by molar-refractivity contribution is 5.80. The molecule has 1 aliphatic heterocycles. The molecular weight excluding hydrogens is 382 g/mol. The fourth-order valence-corrected chi connectivity index (χ4v) is 3.51. The number of guanidine groups is 1. The Labute approximate surface area is 177 Å². The van der Waals surface area contributed by atoms with Gasteiger partial charge in [0.2, 0.25) is 5.91 Å². The summed E-state index contributed by atoms with van der Waals surface area (Å²) < 4.78 is 5.36. The number of rotatable bonds is 7. The van der Waals surface area contributed by atoms with Gasteiger partial charge in [0.15, 0.2) is 11.7 Å². The molecule has 4 N–H and O–H groups in total. The predicted molar refractivity (Wildman–Crippen MR) is 116 cm³/mol. The first-order valence-electron chi connectivity index (χ1n) is 10.4. The largest absolute Gasteiger partial charge is 0.369 e. The molecule has 9 nitrogen and oxygen atoms in total. The summed E-state index contributed by atoms with van der Waals surface area (Å²) in [7, 11) is 1.72. The van der Waals surface area contributed by atoms with Crippen LogP contribution in [0.25, 0.3) is 0 Å². The normalized spacial score (nSPS) is 17.3. The lowest BCUT2D eigenvalue weighted by Crippen LogP contribution is -2.42. The lowest BCUT2D eigenvalue weighted by Gasteiger charge is -2.33. The second-order valence-electron chi connectivity index (χ2n) is 7.83. The fraction of sp³-hybridized carbons (Fsp3) is 0.524. The number of nitrogens with zero attached hydrogens (tertiary/aromatic N) is 4. The van der Waals surface area contributed by atoms with Gasteiger partial charge in [-0.2, -0.15) is 0 Å². The van der Waals surface area contributed by atoms with E-state index in [1.54, 1.807) is 13.2 Å². The van der Waals surface area contributed by atoms with Gasteiger partial charge < -0.3 is 25.8 Å². The molecule has 1 unspecified atom stereocenters. The zero-order valence-electron chi connectivity index (χ0n) is 17.9. The maximum atomic E-state index is 11.6. The fourth-order valence-electron chi connectivity index (χ4n) is 3.51. The number of nitrogens with two attached hydrogens (primary N) is 1. The molecule has 30 heavy (non-hydrogen) atoms. The average Bonchev–Trinajstić information content (AvgIpc) is 3.24. The molecule has 0 saturated carbocycles. The molecule has 162 valence electrons. The number of hydrogen-bond donors (Lipinski definition) is 3. The predicted octanol–water partition coefficient (Wildman–Crippen LogP) is 1.76. The van der Waals surface area contributed by atoms with E-state index in [2.05, 4.69) is 44.5 Å². The van der Waals surface area contributed by atoms with Gasteiger partial charge in [-0.3, -0.25) is 9.79 Å². The SMILES string of the molecule is CN=C(NCc1cc(C(C)C)no1)NCc1cccnc1N1CCCC(C(N)=O)C1. The monoisotopic (exact) mass is 413 g/mol. The van der Waals surface area contributed by atoms with E-state index in [0.717, 1.165) is 42.2 Å². The van der Waals surface area contributed by atoms with Gasteiger partial charge in [-0.05, 0) is 24.8 Å². The Morgan fingerprint density at radius 1 is 1.40 bits per heavy atom. The van der Waals surface area contributed by atoms with E-state index in [1.165, 1.54) is 0 Å².